The van der Waals surface area contributed by atoms with Gasteiger partial charge in [-0.1, -0.05) is 6.07 Å². The van der Waals surface area contributed by atoms with Crippen molar-refractivity contribution in [1.29, 1.82) is 0 Å². The Morgan fingerprint density at radius 1 is 1.35 bits per heavy atom. The summed E-state index contributed by atoms with van der Waals surface area (Å²) in [6.45, 7) is 1.83. The minimum atomic E-state index is 0.0807. The number of fused-ring (bicyclic) bond motifs is 1. The first-order valence-corrected chi connectivity index (χ1v) is 7.29. The molecule has 1 aliphatic rings. The van der Waals surface area contributed by atoms with Crippen molar-refractivity contribution in [2.75, 3.05) is 34.4 Å². The van der Waals surface area contributed by atoms with Gasteiger partial charge in [0.25, 0.3) is 0 Å². The van der Waals surface area contributed by atoms with Gasteiger partial charge in [0.1, 0.15) is 5.75 Å². The molecule has 4 heteroatoms. The maximum absolute atomic E-state index is 6.47. The minimum Gasteiger partial charge on any atom is -0.497 e. The lowest BCUT2D eigenvalue weighted by atomic mass is 9.83. The van der Waals surface area contributed by atoms with E-state index in [4.69, 9.17) is 15.2 Å². The average molecular weight is 278 g/mol. The van der Waals surface area contributed by atoms with Crippen LogP contribution in [0.5, 0.6) is 5.75 Å². The molecule has 0 saturated heterocycles. The van der Waals surface area contributed by atoms with Gasteiger partial charge >= 0.3 is 0 Å². The molecule has 0 fully saturated rings. The third kappa shape index (κ3) is 3.32. The fourth-order valence-corrected chi connectivity index (χ4v) is 3.06. The second-order valence-electron chi connectivity index (χ2n) is 5.52. The van der Waals surface area contributed by atoms with Crippen LogP contribution in [-0.4, -0.2) is 45.4 Å². The van der Waals surface area contributed by atoms with E-state index in [0.717, 1.165) is 38.2 Å². The summed E-state index contributed by atoms with van der Waals surface area (Å²) in [6, 6.07) is 6.74. The Morgan fingerprint density at radius 2 is 2.15 bits per heavy atom. The topological polar surface area (TPSA) is 47.7 Å². The zero-order chi connectivity index (χ0) is 14.5. The third-order valence-electron chi connectivity index (χ3n) is 4.26. The number of ether oxygens (including phenoxy) is 2. The Morgan fingerprint density at radius 3 is 2.85 bits per heavy atom. The Bertz CT molecular complexity index is 436. The molecule has 20 heavy (non-hydrogen) atoms. The lowest BCUT2D eigenvalue weighted by Gasteiger charge is -2.37. The van der Waals surface area contributed by atoms with Gasteiger partial charge in [-0.05, 0) is 49.6 Å². The van der Waals surface area contributed by atoms with Crippen LogP contribution in [0.3, 0.4) is 0 Å². The SMILES string of the molecule is COCCCN(C)C1CCc2cc(OC)ccc2C1N. The summed E-state index contributed by atoms with van der Waals surface area (Å²) < 4.78 is 10.4. The predicted molar refractivity (Wildman–Crippen MR) is 81.2 cm³/mol. The smallest absolute Gasteiger partial charge is 0.119 e. The summed E-state index contributed by atoms with van der Waals surface area (Å²) in [4.78, 5) is 2.37. The fourth-order valence-electron chi connectivity index (χ4n) is 3.06. The van der Waals surface area contributed by atoms with E-state index in [-0.39, 0.29) is 6.04 Å². The lowest BCUT2D eigenvalue weighted by Crippen LogP contribution is -2.44. The summed E-state index contributed by atoms with van der Waals surface area (Å²) in [7, 11) is 5.61. The van der Waals surface area contributed by atoms with Crippen LogP contribution in [0.4, 0.5) is 0 Å². The molecule has 1 aromatic rings. The van der Waals surface area contributed by atoms with Crippen LogP contribution in [-0.2, 0) is 11.2 Å². The maximum atomic E-state index is 6.47. The quantitative estimate of drug-likeness (QED) is 0.808. The lowest BCUT2D eigenvalue weighted by molar-refractivity contribution is 0.149. The largest absolute Gasteiger partial charge is 0.497 e. The highest BCUT2D eigenvalue weighted by Crippen LogP contribution is 2.33. The number of likely N-dealkylation sites (N-methyl/N-ethyl adjacent to an activating group) is 1. The van der Waals surface area contributed by atoms with E-state index in [1.165, 1.54) is 11.1 Å². The number of aryl methyl sites for hydroxylation is 1. The van der Waals surface area contributed by atoms with E-state index in [1.807, 2.05) is 6.07 Å². The molecule has 0 amide bonds. The normalized spacial score (nSPS) is 21.9. The van der Waals surface area contributed by atoms with Crippen LogP contribution >= 0.6 is 0 Å². The van der Waals surface area contributed by atoms with Crippen molar-refractivity contribution in [3.05, 3.63) is 29.3 Å². The first-order valence-electron chi connectivity index (χ1n) is 7.29. The van der Waals surface area contributed by atoms with Crippen LogP contribution in [0.2, 0.25) is 0 Å². The highest BCUT2D eigenvalue weighted by atomic mass is 16.5. The molecule has 1 aliphatic carbocycles. The van der Waals surface area contributed by atoms with Crippen molar-refractivity contribution < 1.29 is 9.47 Å². The van der Waals surface area contributed by atoms with Crippen LogP contribution in [0.25, 0.3) is 0 Å². The average Bonchev–Trinajstić information content (AvgIpc) is 2.47. The first-order chi connectivity index (χ1) is 9.67. The summed E-state index contributed by atoms with van der Waals surface area (Å²) in [5.41, 5.74) is 9.07. The molecular formula is C16H26N2O2. The van der Waals surface area contributed by atoms with E-state index < -0.39 is 0 Å². The Labute approximate surface area is 121 Å². The van der Waals surface area contributed by atoms with Crippen molar-refractivity contribution in [1.82, 2.24) is 4.90 Å². The number of hydrogen-bond acceptors (Lipinski definition) is 4. The molecule has 112 valence electrons. The Hall–Kier alpha value is -1.10. The highest BCUT2D eigenvalue weighted by molar-refractivity contribution is 5.40. The van der Waals surface area contributed by atoms with Gasteiger partial charge in [0, 0.05) is 32.3 Å². The number of nitrogens with two attached hydrogens (primary N) is 1. The Kier molecular flexibility index (Phi) is 5.40. The van der Waals surface area contributed by atoms with Gasteiger partial charge in [0.05, 0.1) is 7.11 Å². The molecule has 2 unspecified atom stereocenters. The molecule has 0 bridgehead atoms. The Balaban J connectivity index is 2.05. The molecule has 2 N–H and O–H groups in total. The summed E-state index contributed by atoms with van der Waals surface area (Å²) in [5, 5.41) is 0. The number of benzene rings is 1. The maximum Gasteiger partial charge on any atom is 0.119 e. The van der Waals surface area contributed by atoms with E-state index >= 15 is 0 Å². The second-order valence-corrected chi connectivity index (χ2v) is 5.52. The van der Waals surface area contributed by atoms with Crippen LogP contribution in [0.1, 0.15) is 30.0 Å². The van der Waals surface area contributed by atoms with E-state index in [1.54, 1.807) is 14.2 Å². The van der Waals surface area contributed by atoms with Crippen molar-refractivity contribution in [3.63, 3.8) is 0 Å². The van der Waals surface area contributed by atoms with E-state index in [2.05, 4.69) is 24.1 Å². The number of methoxy groups -OCH3 is 2. The summed E-state index contributed by atoms with van der Waals surface area (Å²) >= 11 is 0. The fraction of sp³-hybridized carbons (Fsp3) is 0.625. The molecule has 4 nitrogen and oxygen atoms in total. The van der Waals surface area contributed by atoms with Crippen molar-refractivity contribution >= 4 is 0 Å². The van der Waals surface area contributed by atoms with Gasteiger partial charge in [-0.15, -0.1) is 0 Å². The van der Waals surface area contributed by atoms with Crippen LogP contribution in [0, 0.1) is 0 Å². The van der Waals surface area contributed by atoms with Crippen molar-refractivity contribution in [3.8, 4) is 5.75 Å². The molecule has 0 aromatic heterocycles. The standard InChI is InChI=1S/C16H26N2O2/c1-18(9-4-10-19-2)15-8-5-12-11-13(20-3)6-7-14(12)16(15)17/h6-7,11,15-16H,4-5,8-10,17H2,1-3H3. The number of nitrogens with zero attached hydrogens (tertiary/aromatic N) is 1. The van der Waals surface area contributed by atoms with Gasteiger partial charge in [-0.3, -0.25) is 0 Å². The monoisotopic (exact) mass is 278 g/mol. The summed E-state index contributed by atoms with van der Waals surface area (Å²) in [5.74, 6) is 0.919. The third-order valence-corrected chi connectivity index (χ3v) is 4.26. The van der Waals surface area contributed by atoms with E-state index in [9.17, 15) is 0 Å². The second kappa shape index (κ2) is 7.07. The molecule has 0 radical (unpaired) electrons. The number of hydrogen-bond donors (Lipinski definition) is 1. The van der Waals surface area contributed by atoms with Gasteiger partial charge in [-0.25, -0.2) is 0 Å². The van der Waals surface area contributed by atoms with Gasteiger partial charge in [0.15, 0.2) is 0 Å². The van der Waals surface area contributed by atoms with E-state index in [0.29, 0.717) is 6.04 Å². The molecule has 0 saturated carbocycles. The van der Waals surface area contributed by atoms with Crippen molar-refractivity contribution in [2.45, 2.75) is 31.3 Å². The summed E-state index contributed by atoms with van der Waals surface area (Å²) in [6.07, 6.45) is 3.22. The van der Waals surface area contributed by atoms with Gasteiger partial charge < -0.3 is 20.1 Å². The predicted octanol–water partition coefficient (Wildman–Crippen LogP) is 1.98. The van der Waals surface area contributed by atoms with Crippen LogP contribution in [0.15, 0.2) is 18.2 Å². The molecular weight excluding hydrogens is 252 g/mol. The minimum absolute atomic E-state index is 0.0807. The first kappa shape index (κ1) is 15.3. The zero-order valence-electron chi connectivity index (χ0n) is 12.8. The molecule has 2 atom stereocenters. The molecule has 0 spiro atoms. The van der Waals surface area contributed by atoms with Crippen molar-refractivity contribution in [2.24, 2.45) is 5.73 Å². The zero-order valence-corrected chi connectivity index (χ0v) is 12.8. The molecule has 0 heterocycles. The van der Waals surface area contributed by atoms with Crippen LogP contribution < -0.4 is 10.5 Å². The molecule has 1 aromatic carbocycles. The molecule has 2 rings (SSSR count). The van der Waals surface area contributed by atoms with Gasteiger partial charge in [-0.2, -0.15) is 0 Å². The number of rotatable bonds is 6. The molecule has 0 aliphatic heterocycles. The van der Waals surface area contributed by atoms with Gasteiger partial charge in [0.2, 0.25) is 0 Å². The highest BCUT2D eigenvalue weighted by Gasteiger charge is 2.29.